The van der Waals surface area contributed by atoms with Crippen LogP contribution in [0, 0.1) is 12.7 Å². The van der Waals surface area contributed by atoms with Crippen LogP contribution in [0.15, 0.2) is 42.5 Å². The van der Waals surface area contributed by atoms with Crippen LogP contribution in [-0.2, 0) is 0 Å². The Morgan fingerprint density at radius 3 is 2.48 bits per heavy atom. The highest BCUT2D eigenvalue weighted by Crippen LogP contribution is 2.33. The number of piperazine rings is 1. The third-order valence-corrected chi connectivity index (χ3v) is 6.65. The second kappa shape index (κ2) is 8.44. The molecule has 0 bridgehead atoms. The molecule has 3 aromatic rings. The van der Waals surface area contributed by atoms with Crippen LogP contribution in [0.1, 0.15) is 30.0 Å². The average molecular weight is 420 g/mol. The molecule has 2 aromatic carbocycles. The van der Waals surface area contributed by atoms with Gasteiger partial charge in [0.15, 0.2) is 0 Å². The maximum atomic E-state index is 15.1. The molecule has 0 saturated carbocycles. The van der Waals surface area contributed by atoms with Crippen LogP contribution in [-0.4, -0.2) is 54.9 Å². The molecule has 5 rings (SSSR count). The van der Waals surface area contributed by atoms with Crippen LogP contribution in [0.25, 0.3) is 22.5 Å². The number of aromatic nitrogens is 2. The molecule has 2 aliphatic rings. The Kier molecular flexibility index (Phi) is 5.50. The maximum absolute atomic E-state index is 15.1. The zero-order valence-electron chi connectivity index (χ0n) is 18.3. The zero-order valence-corrected chi connectivity index (χ0v) is 18.3. The summed E-state index contributed by atoms with van der Waals surface area (Å²) < 4.78 is 15.1. The van der Waals surface area contributed by atoms with Gasteiger partial charge >= 0.3 is 0 Å². The largest absolute Gasteiger partial charge is 0.369 e. The van der Waals surface area contributed by atoms with E-state index in [-0.39, 0.29) is 11.9 Å². The van der Waals surface area contributed by atoms with Crippen molar-refractivity contribution in [2.24, 2.45) is 0 Å². The van der Waals surface area contributed by atoms with Crippen LogP contribution >= 0.6 is 0 Å². The number of aryl methyl sites for hydroxylation is 1. The Morgan fingerprint density at radius 2 is 1.81 bits per heavy atom. The number of rotatable bonds is 4. The zero-order chi connectivity index (χ0) is 21.4. The van der Waals surface area contributed by atoms with Crippen molar-refractivity contribution in [3.8, 4) is 22.5 Å². The molecule has 3 heterocycles. The third-order valence-electron chi connectivity index (χ3n) is 6.65. The molecule has 162 valence electrons. The number of anilines is 1. The number of hydrogen-bond acceptors (Lipinski definition) is 4. The van der Waals surface area contributed by atoms with E-state index in [1.54, 1.807) is 6.07 Å². The van der Waals surface area contributed by atoms with Crippen LogP contribution in [0.5, 0.6) is 0 Å². The summed E-state index contributed by atoms with van der Waals surface area (Å²) in [5.74, 6) is -0.190. The van der Waals surface area contributed by atoms with Crippen molar-refractivity contribution in [1.29, 1.82) is 0 Å². The first-order chi connectivity index (χ1) is 15.1. The molecule has 1 atom stereocenters. The van der Waals surface area contributed by atoms with Crippen molar-refractivity contribution in [2.75, 3.05) is 44.7 Å². The molecule has 0 radical (unpaired) electrons. The first-order valence-corrected chi connectivity index (χ1v) is 11.2. The number of H-pyrrole nitrogens is 1. The van der Waals surface area contributed by atoms with E-state index in [0.29, 0.717) is 5.56 Å². The van der Waals surface area contributed by atoms with Crippen LogP contribution in [0.2, 0.25) is 0 Å². The molecule has 6 heteroatoms. The summed E-state index contributed by atoms with van der Waals surface area (Å²) in [6.45, 7) is 7.25. The quantitative estimate of drug-likeness (QED) is 0.659. The van der Waals surface area contributed by atoms with Gasteiger partial charge in [0.2, 0.25) is 0 Å². The highest BCUT2D eigenvalue weighted by molar-refractivity contribution is 5.72. The Hall–Kier alpha value is -2.70. The van der Waals surface area contributed by atoms with Gasteiger partial charge in [-0.2, -0.15) is 5.10 Å². The van der Waals surface area contributed by atoms with Crippen LogP contribution in [0.4, 0.5) is 10.1 Å². The van der Waals surface area contributed by atoms with Crippen LogP contribution < -0.4 is 10.2 Å². The summed E-state index contributed by atoms with van der Waals surface area (Å²) in [5.41, 5.74) is 6.41. The monoisotopic (exact) mass is 419 g/mol. The van der Waals surface area contributed by atoms with Gasteiger partial charge in [-0.15, -0.1) is 0 Å². The summed E-state index contributed by atoms with van der Waals surface area (Å²) in [6.07, 6.45) is 2.21. The number of nitrogens with one attached hydrogen (secondary N) is 2. The normalized spacial score (nSPS) is 19.8. The minimum absolute atomic E-state index is 0.190. The smallest absolute Gasteiger partial charge is 0.133 e. The minimum atomic E-state index is -0.190. The van der Waals surface area contributed by atoms with Gasteiger partial charge in [-0.1, -0.05) is 18.2 Å². The molecule has 1 aromatic heterocycles. The van der Waals surface area contributed by atoms with Crippen molar-refractivity contribution >= 4 is 5.69 Å². The van der Waals surface area contributed by atoms with E-state index in [2.05, 4.69) is 62.7 Å². The second-order valence-electron chi connectivity index (χ2n) is 8.85. The van der Waals surface area contributed by atoms with Gasteiger partial charge in [-0.3, -0.25) is 5.10 Å². The summed E-state index contributed by atoms with van der Waals surface area (Å²) in [4.78, 5) is 4.77. The van der Waals surface area contributed by atoms with E-state index < -0.39 is 0 Å². The fourth-order valence-electron chi connectivity index (χ4n) is 4.79. The van der Waals surface area contributed by atoms with E-state index >= 15 is 4.39 Å². The van der Waals surface area contributed by atoms with Gasteiger partial charge in [0.05, 0.1) is 11.4 Å². The molecule has 2 aliphatic heterocycles. The molecule has 0 aliphatic carbocycles. The lowest BCUT2D eigenvalue weighted by molar-refractivity contribution is 0.313. The molecule has 2 fully saturated rings. The van der Waals surface area contributed by atoms with Gasteiger partial charge in [0.25, 0.3) is 0 Å². The Labute approximate surface area is 183 Å². The topological polar surface area (TPSA) is 47.2 Å². The third kappa shape index (κ3) is 4.10. The van der Waals surface area contributed by atoms with Gasteiger partial charge in [-0.25, -0.2) is 4.39 Å². The molecule has 1 unspecified atom stereocenters. The summed E-state index contributed by atoms with van der Waals surface area (Å²) >= 11 is 0. The van der Waals surface area contributed by atoms with E-state index in [1.807, 2.05) is 13.0 Å². The van der Waals surface area contributed by atoms with Gasteiger partial charge in [0, 0.05) is 49.0 Å². The number of halogens is 1. The lowest BCUT2D eigenvalue weighted by Gasteiger charge is -2.34. The lowest BCUT2D eigenvalue weighted by atomic mass is 9.97. The Balaban J connectivity index is 1.36. The number of hydrogen-bond donors (Lipinski definition) is 2. The van der Waals surface area contributed by atoms with Crippen molar-refractivity contribution < 1.29 is 4.39 Å². The number of aromatic amines is 1. The van der Waals surface area contributed by atoms with E-state index in [0.717, 1.165) is 73.6 Å². The second-order valence-corrected chi connectivity index (χ2v) is 8.85. The number of benzene rings is 2. The van der Waals surface area contributed by atoms with Gasteiger partial charge < -0.3 is 15.1 Å². The van der Waals surface area contributed by atoms with E-state index in [4.69, 9.17) is 0 Å². The number of nitrogens with zero attached hydrogens (tertiary/aromatic N) is 3. The molecule has 0 spiro atoms. The van der Waals surface area contributed by atoms with Crippen molar-refractivity contribution in [2.45, 2.75) is 25.8 Å². The average Bonchev–Trinajstić information content (AvgIpc) is 3.47. The molecular formula is C25H30FN5. The van der Waals surface area contributed by atoms with Crippen molar-refractivity contribution in [3.63, 3.8) is 0 Å². The molecule has 2 saturated heterocycles. The standard InChI is InChI=1S/C25H30FN5/c1-17-14-19(22-4-3-9-27-22)15-21(26)25(17)24-16-23(28-29-24)18-5-7-20(8-6-18)31-12-10-30(2)11-13-31/h5-8,14-16,22,27H,3-4,9-13H2,1-2H3,(H,28,29). The van der Waals surface area contributed by atoms with Gasteiger partial charge in [-0.05, 0) is 68.8 Å². The molecular weight excluding hydrogens is 389 g/mol. The maximum Gasteiger partial charge on any atom is 0.133 e. The highest BCUT2D eigenvalue weighted by Gasteiger charge is 2.20. The van der Waals surface area contributed by atoms with Crippen LogP contribution in [0.3, 0.4) is 0 Å². The molecule has 2 N–H and O–H groups in total. The summed E-state index contributed by atoms with van der Waals surface area (Å²) in [6, 6.07) is 14.5. The van der Waals surface area contributed by atoms with Crippen molar-refractivity contribution in [3.05, 3.63) is 59.4 Å². The fraction of sp³-hybridized carbons (Fsp3) is 0.400. The molecule has 0 amide bonds. The summed E-state index contributed by atoms with van der Waals surface area (Å²) in [5, 5.41) is 11.0. The van der Waals surface area contributed by atoms with Gasteiger partial charge in [0.1, 0.15) is 5.82 Å². The molecule has 5 nitrogen and oxygen atoms in total. The Bertz CT molecular complexity index is 1020. The SMILES string of the molecule is Cc1cc(C2CCCN2)cc(F)c1-c1cc(-c2ccc(N3CCN(C)CC3)cc2)n[nH]1. The minimum Gasteiger partial charge on any atom is -0.369 e. The molecule has 31 heavy (non-hydrogen) atoms. The highest BCUT2D eigenvalue weighted by atomic mass is 19.1. The van der Waals surface area contributed by atoms with E-state index in [1.165, 1.54) is 5.69 Å². The van der Waals surface area contributed by atoms with Crippen molar-refractivity contribution in [1.82, 2.24) is 20.4 Å². The lowest BCUT2D eigenvalue weighted by Crippen LogP contribution is -2.44. The van der Waals surface area contributed by atoms with E-state index in [9.17, 15) is 0 Å². The first-order valence-electron chi connectivity index (χ1n) is 11.2. The number of likely N-dealkylation sites (N-methyl/N-ethyl adjacent to an activating group) is 1. The summed E-state index contributed by atoms with van der Waals surface area (Å²) in [7, 11) is 2.17. The predicted octanol–water partition coefficient (Wildman–Crippen LogP) is 4.37. The Morgan fingerprint density at radius 1 is 1.03 bits per heavy atom. The first kappa shape index (κ1) is 20.2. The predicted molar refractivity (Wildman–Crippen MR) is 124 cm³/mol. The fourth-order valence-corrected chi connectivity index (χ4v) is 4.79.